The molecule has 0 rings (SSSR count). The van der Waals surface area contributed by atoms with E-state index in [9.17, 15) is 0 Å². The first-order valence-corrected chi connectivity index (χ1v) is 5.93. The average Bonchev–Trinajstić information content (AvgIpc) is 2.14. The molecule has 1 N–H and O–H groups in total. The van der Waals surface area contributed by atoms with Gasteiger partial charge in [-0.1, -0.05) is 27.2 Å². The van der Waals surface area contributed by atoms with Crippen LogP contribution in [0.15, 0.2) is 0 Å². The largest absolute Gasteiger partial charge is 0.319 e. The molecule has 0 saturated carbocycles. The maximum absolute atomic E-state index is 3.26. The first-order valence-electron chi connectivity index (χ1n) is 5.93. The Hall–Kier alpha value is -0.0800. The van der Waals surface area contributed by atoms with E-state index in [1.807, 2.05) is 7.05 Å². The van der Waals surface area contributed by atoms with Crippen molar-refractivity contribution < 1.29 is 0 Å². The number of hydrogen-bond donors (Lipinski definition) is 1. The molecule has 0 fully saturated rings. The Bertz CT molecular complexity index is 123. The second-order valence-electron chi connectivity index (χ2n) is 4.78. The van der Waals surface area contributed by atoms with Gasteiger partial charge in [-0.05, 0) is 45.4 Å². The number of rotatable bonds is 8. The summed E-state index contributed by atoms with van der Waals surface area (Å²) in [6.07, 6.45) is 2.58. The van der Waals surface area contributed by atoms with Gasteiger partial charge < -0.3 is 10.2 Å². The Morgan fingerprint density at radius 1 is 1.29 bits per heavy atom. The second kappa shape index (κ2) is 8.25. The van der Waals surface area contributed by atoms with Gasteiger partial charge in [0.25, 0.3) is 0 Å². The van der Waals surface area contributed by atoms with Gasteiger partial charge in [-0.3, -0.25) is 0 Å². The lowest BCUT2D eigenvalue weighted by Crippen LogP contribution is -2.32. The molecule has 0 aliphatic rings. The zero-order chi connectivity index (χ0) is 11.0. The lowest BCUT2D eigenvalue weighted by atomic mass is 10.1. The van der Waals surface area contributed by atoms with Crippen molar-refractivity contribution in [3.05, 3.63) is 0 Å². The summed E-state index contributed by atoms with van der Waals surface area (Å²) in [5, 5.41) is 3.26. The van der Waals surface area contributed by atoms with Crippen LogP contribution in [0.2, 0.25) is 0 Å². The first kappa shape index (κ1) is 13.9. The van der Waals surface area contributed by atoms with Crippen LogP contribution < -0.4 is 5.32 Å². The molecule has 14 heavy (non-hydrogen) atoms. The van der Waals surface area contributed by atoms with Crippen LogP contribution in [-0.2, 0) is 0 Å². The van der Waals surface area contributed by atoms with Crippen LogP contribution in [0.25, 0.3) is 0 Å². The summed E-state index contributed by atoms with van der Waals surface area (Å²) in [5.41, 5.74) is 0. The molecule has 0 aromatic carbocycles. The molecular formula is C12H28N2. The van der Waals surface area contributed by atoms with E-state index in [0.29, 0.717) is 0 Å². The van der Waals surface area contributed by atoms with E-state index < -0.39 is 0 Å². The zero-order valence-corrected chi connectivity index (χ0v) is 10.6. The predicted molar refractivity (Wildman–Crippen MR) is 64.7 cm³/mol. The summed E-state index contributed by atoms with van der Waals surface area (Å²) in [6, 6.07) is 0. The van der Waals surface area contributed by atoms with E-state index >= 15 is 0 Å². The maximum Gasteiger partial charge on any atom is 0.00186 e. The van der Waals surface area contributed by atoms with Gasteiger partial charge >= 0.3 is 0 Å². The topological polar surface area (TPSA) is 15.3 Å². The lowest BCUT2D eigenvalue weighted by molar-refractivity contribution is 0.255. The molecule has 0 aromatic rings. The number of hydrogen-bond acceptors (Lipinski definition) is 2. The minimum absolute atomic E-state index is 0.803. The van der Waals surface area contributed by atoms with Crippen LogP contribution in [0.5, 0.6) is 0 Å². The van der Waals surface area contributed by atoms with Crippen molar-refractivity contribution in [3.8, 4) is 0 Å². The highest BCUT2D eigenvalue weighted by Crippen LogP contribution is 2.06. The van der Waals surface area contributed by atoms with Crippen molar-refractivity contribution in [2.75, 3.05) is 33.7 Å². The van der Waals surface area contributed by atoms with E-state index in [2.05, 4.69) is 38.0 Å². The maximum atomic E-state index is 3.26. The molecule has 0 radical (unpaired) electrons. The van der Waals surface area contributed by atoms with Gasteiger partial charge in [0.2, 0.25) is 0 Å². The standard InChI is InChI=1S/C12H28N2/c1-6-12(9-13-4)10-14(5)8-7-11(2)3/h11-13H,6-10H2,1-5H3. The highest BCUT2D eigenvalue weighted by molar-refractivity contribution is 4.64. The van der Waals surface area contributed by atoms with Gasteiger partial charge in [-0.15, -0.1) is 0 Å². The second-order valence-corrected chi connectivity index (χ2v) is 4.78. The van der Waals surface area contributed by atoms with Gasteiger partial charge in [-0.25, -0.2) is 0 Å². The third-order valence-electron chi connectivity index (χ3n) is 2.73. The van der Waals surface area contributed by atoms with Crippen molar-refractivity contribution in [1.29, 1.82) is 0 Å². The molecule has 2 nitrogen and oxygen atoms in total. The Kier molecular flexibility index (Phi) is 8.20. The van der Waals surface area contributed by atoms with E-state index in [4.69, 9.17) is 0 Å². The first-order chi connectivity index (χ1) is 6.60. The summed E-state index contributed by atoms with van der Waals surface area (Å²) in [7, 11) is 4.28. The number of nitrogens with zero attached hydrogens (tertiary/aromatic N) is 1. The minimum atomic E-state index is 0.803. The van der Waals surface area contributed by atoms with Crippen molar-refractivity contribution >= 4 is 0 Å². The fourth-order valence-corrected chi connectivity index (χ4v) is 1.64. The van der Waals surface area contributed by atoms with E-state index in [1.54, 1.807) is 0 Å². The lowest BCUT2D eigenvalue weighted by Gasteiger charge is -2.23. The van der Waals surface area contributed by atoms with Crippen molar-refractivity contribution in [2.45, 2.75) is 33.6 Å². The van der Waals surface area contributed by atoms with Crippen molar-refractivity contribution in [1.82, 2.24) is 10.2 Å². The molecular weight excluding hydrogens is 172 g/mol. The van der Waals surface area contributed by atoms with E-state index in [-0.39, 0.29) is 0 Å². The molecule has 86 valence electrons. The van der Waals surface area contributed by atoms with Crippen LogP contribution >= 0.6 is 0 Å². The van der Waals surface area contributed by atoms with Crippen molar-refractivity contribution in [2.24, 2.45) is 11.8 Å². The van der Waals surface area contributed by atoms with Crippen LogP contribution in [0.3, 0.4) is 0 Å². The smallest absolute Gasteiger partial charge is 0.00186 e. The van der Waals surface area contributed by atoms with Crippen molar-refractivity contribution in [3.63, 3.8) is 0 Å². The Labute approximate surface area is 90.1 Å². The molecule has 0 aliphatic heterocycles. The normalized spacial score (nSPS) is 13.9. The Morgan fingerprint density at radius 3 is 2.36 bits per heavy atom. The third-order valence-corrected chi connectivity index (χ3v) is 2.73. The highest BCUT2D eigenvalue weighted by atomic mass is 15.1. The molecule has 0 aliphatic carbocycles. The summed E-state index contributed by atoms with van der Waals surface area (Å²) in [6.45, 7) is 10.5. The predicted octanol–water partition coefficient (Wildman–Crippen LogP) is 2.21. The minimum Gasteiger partial charge on any atom is -0.319 e. The average molecular weight is 200 g/mol. The molecule has 0 amide bonds. The number of nitrogens with one attached hydrogen (secondary N) is 1. The molecule has 0 heterocycles. The van der Waals surface area contributed by atoms with E-state index in [1.165, 1.54) is 25.9 Å². The van der Waals surface area contributed by atoms with Gasteiger partial charge in [0, 0.05) is 6.54 Å². The third kappa shape index (κ3) is 7.34. The van der Waals surface area contributed by atoms with Gasteiger partial charge in [0.05, 0.1) is 0 Å². The fourth-order valence-electron chi connectivity index (χ4n) is 1.64. The molecule has 0 aromatic heterocycles. The molecule has 1 atom stereocenters. The summed E-state index contributed by atoms with van der Waals surface area (Å²) in [5.74, 6) is 1.62. The SMILES string of the molecule is CCC(CNC)CN(C)CCC(C)C. The Morgan fingerprint density at radius 2 is 1.93 bits per heavy atom. The molecule has 2 heteroatoms. The van der Waals surface area contributed by atoms with Crippen LogP contribution in [-0.4, -0.2) is 38.6 Å². The highest BCUT2D eigenvalue weighted by Gasteiger charge is 2.08. The summed E-state index contributed by atoms with van der Waals surface area (Å²) >= 11 is 0. The van der Waals surface area contributed by atoms with Crippen LogP contribution in [0.4, 0.5) is 0 Å². The van der Waals surface area contributed by atoms with Gasteiger partial charge in [-0.2, -0.15) is 0 Å². The molecule has 0 saturated heterocycles. The zero-order valence-electron chi connectivity index (χ0n) is 10.6. The monoisotopic (exact) mass is 200 g/mol. The van der Waals surface area contributed by atoms with Gasteiger partial charge in [0.1, 0.15) is 0 Å². The van der Waals surface area contributed by atoms with Crippen LogP contribution in [0, 0.1) is 11.8 Å². The molecule has 0 spiro atoms. The summed E-state index contributed by atoms with van der Waals surface area (Å²) in [4.78, 5) is 2.46. The molecule has 0 bridgehead atoms. The summed E-state index contributed by atoms with van der Waals surface area (Å²) < 4.78 is 0. The fraction of sp³-hybridized carbons (Fsp3) is 1.00. The van der Waals surface area contributed by atoms with Crippen LogP contribution in [0.1, 0.15) is 33.6 Å². The Balaban J connectivity index is 3.61. The van der Waals surface area contributed by atoms with E-state index in [0.717, 1.165) is 18.4 Å². The quantitative estimate of drug-likeness (QED) is 0.646. The molecule has 1 unspecified atom stereocenters. The van der Waals surface area contributed by atoms with Gasteiger partial charge in [0.15, 0.2) is 0 Å².